The normalized spacial score (nSPS) is 10.0. The number of esters is 1. The second-order valence-corrected chi connectivity index (χ2v) is 4.31. The summed E-state index contributed by atoms with van der Waals surface area (Å²) in [5.74, 6) is 5.07. The molecule has 0 saturated carbocycles. The maximum Gasteiger partial charge on any atom is 0.340 e. The van der Waals surface area contributed by atoms with Gasteiger partial charge in [0.2, 0.25) is 0 Å². The molecule has 0 bridgehead atoms. The van der Waals surface area contributed by atoms with Crippen molar-refractivity contribution in [3.05, 3.63) is 51.8 Å². The number of hydrogen-bond acceptors (Lipinski definition) is 6. The molecule has 22 heavy (non-hydrogen) atoms. The zero-order valence-corrected chi connectivity index (χ0v) is 11.6. The smallest absolute Gasteiger partial charge is 0.340 e. The molecule has 2 rings (SSSR count). The molecule has 0 amide bonds. The summed E-state index contributed by atoms with van der Waals surface area (Å²) in [6.07, 6.45) is 1.30. The number of carbonyl (C=O) groups is 1. The van der Waals surface area contributed by atoms with E-state index in [1.807, 2.05) is 6.07 Å². The van der Waals surface area contributed by atoms with Crippen molar-refractivity contribution in [1.29, 1.82) is 5.26 Å². The van der Waals surface area contributed by atoms with Crippen LogP contribution in [-0.2, 0) is 4.74 Å². The maximum atomic E-state index is 12.0. The summed E-state index contributed by atoms with van der Waals surface area (Å²) >= 11 is 0. The number of nitro benzene ring substituents is 1. The largest absolute Gasteiger partial charge is 0.462 e. The summed E-state index contributed by atoms with van der Waals surface area (Å²) in [5, 5.41) is 19.9. The first-order valence-electron chi connectivity index (χ1n) is 6.32. The van der Waals surface area contributed by atoms with E-state index in [1.165, 1.54) is 30.5 Å². The molecule has 112 valence electrons. The Hall–Kier alpha value is -3.34. The molecule has 0 unspecified atom stereocenters. The molecule has 0 aliphatic heterocycles. The minimum absolute atomic E-state index is 0.0666. The van der Waals surface area contributed by atoms with Crippen LogP contribution in [0.5, 0.6) is 0 Å². The topological polar surface area (TPSA) is 124 Å². The molecule has 0 radical (unpaired) electrons. The Labute approximate surface area is 125 Å². The van der Waals surface area contributed by atoms with Gasteiger partial charge in [0.25, 0.3) is 5.69 Å². The molecule has 0 atom stereocenters. The van der Waals surface area contributed by atoms with Gasteiger partial charge >= 0.3 is 5.97 Å². The first-order valence-corrected chi connectivity index (χ1v) is 6.32. The van der Waals surface area contributed by atoms with Gasteiger partial charge in [-0.05, 0) is 24.6 Å². The third kappa shape index (κ3) is 2.60. The highest BCUT2D eigenvalue weighted by atomic mass is 16.6. The number of nitro groups is 1. The van der Waals surface area contributed by atoms with Crippen LogP contribution in [0.2, 0.25) is 0 Å². The number of rotatable bonds is 4. The van der Waals surface area contributed by atoms with Gasteiger partial charge in [-0.2, -0.15) is 5.26 Å². The van der Waals surface area contributed by atoms with E-state index in [-0.39, 0.29) is 23.6 Å². The molecule has 8 nitrogen and oxygen atoms in total. The lowest BCUT2D eigenvalue weighted by atomic mass is 10.0. The van der Waals surface area contributed by atoms with E-state index in [0.29, 0.717) is 11.1 Å². The van der Waals surface area contributed by atoms with Crippen molar-refractivity contribution in [3.8, 4) is 17.2 Å². The number of nitrogens with two attached hydrogens (primary N) is 1. The number of ether oxygens (including phenoxy) is 1. The summed E-state index contributed by atoms with van der Waals surface area (Å²) in [4.78, 5) is 22.1. The van der Waals surface area contributed by atoms with Gasteiger partial charge in [-0.15, -0.1) is 0 Å². The van der Waals surface area contributed by atoms with Crippen molar-refractivity contribution in [1.82, 2.24) is 4.68 Å². The Kier molecular flexibility index (Phi) is 4.08. The summed E-state index contributed by atoms with van der Waals surface area (Å²) in [6, 6.07) is 7.41. The lowest BCUT2D eigenvalue weighted by Gasteiger charge is -2.04. The Morgan fingerprint density at radius 1 is 1.45 bits per heavy atom. The van der Waals surface area contributed by atoms with Gasteiger partial charge in [0, 0.05) is 23.9 Å². The fraction of sp³-hybridized carbons (Fsp3) is 0.143. The van der Waals surface area contributed by atoms with Crippen LogP contribution in [0, 0.1) is 21.4 Å². The second kappa shape index (κ2) is 5.97. The molecule has 1 heterocycles. The van der Waals surface area contributed by atoms with Crippen LogP contribution in [0.1, 0.15) is 23.0 Å². The predicted octanol–water partition coefficient (Wildman–Crippen LogP) is 1.83. The van der Waals surface area contributed by atoms with Gasteiger partial charge in [0.1, 0.15) is 11.8 Å². The van der Waals surface area contributed by atoms with E-state index in [4.69, 9.17) is 10.6 Å². The van der Waals surface area contributed by atoms with Crippen molar-refractivity contribution >= 4 is 11.7 Å². The molecule has 0 spiro atoms. The second-order valence-electron chi connectivity index (χ2n) is 4.31. The summed E-state index contributed by atoms with van der Waals surface area (Å²) < 4.78 is 5.97. The lowest BCUT2D eigenvalue weighted by Crippen LogP contribution is -2.09. The molecule has 0 saturated heterocycles. The third-order valence-corrected chi connectivity index (χ3v) is 3.00. The van der Waals surface area contributed by atoms with Gasteiger partial charge in [-0.1, -0.05) is 0 Å². The standard InChI is InChI=1S/C14H12N4O4/c1-2-22-14(19)11-8-17(16)12(7-15)13(11)9-3-5-10(6-4-9)18(20)21/h3-6,8H,2,16H2,1H3. The Balaban J connectivity index is 2.60. The number of nitriles is 1. The first-order chi connectivity index (χ1) is 10.5. The quantitative estimate of drug-likeness (QED) is 0.397. The van der Waals surface area contributed by atoms with Crippen molar-refractivity contribution < 1.29 is 14.5 Å². The first kappa shape index (κ1) is 15.1. The SMILES string of the molecule is CCOC(=O)c1cn(N)c(C#N)c1-c1ccc([N+](=O)[O-])cc1. The Bertz CT molecular complexity index is 771. The number of nitrogen functional groups attached to an aromatic ring is 1. The van der Waals surface area contributed by atoms with Gasteiger partial charge in [-0.25, -0.2) is 4.79 Å². The van der Waals surface area contributed by atoms with E-state index >= 15 is 0 Å². The molecular formula is C14H12N4O4. The summed E-state index contributed by atoms with van der Waals surface area (Å²) in [5.41, 5.74) is 0.867. The van der Waals surface area contributed by atoms with E-state index in [9.17, 15) is 20.2 Å². The van der Waals surface area contributed by atoms with Crippen molar-refractivity contribution in [3.63, 3.8) is 0 Å². The molecule has 0 aliphatic rings. The zero-order valence-electron chi connectivity index (χ0n) is 11.6. The van der Waals surface area contributed by atoms with Gasteiger partial charge in [0.05, 0.1) is 17.1 Å². The number of nitrogens with zero attached hydrogens (tertiary/aromatic N) is 3. The molecule has 8 heteroatoms. The highest BCUT2D eigenvalue weighted by molar-refractivity contribution is 5.99. The van der Waals surface area contributed by atoms with Gasteiger partial charge in [0.15, 0.2) is 0 Å². The van der Waals surface area contributed by atoms with Crippen molar-refractivity contribution in [2.24, 2.45) is 0 Å². The molecule has 0 fully saturated rings. The monoisotopic (exact) mass is 300 g/mol. The van der Waals surface area contributed by atoms with Crippen LogP contribution in [0.3, 0.4) is 0 Å². The minimum atomic E-state index is -0.614. The molecule has 0 aliphatic carbocycles. The van der Waals surface area contributed by atoms with Crippen LogP contribution >= 0.6 is 0 Å². The average Bonchev–Trinajstić information content (AvgIpc) is 2.84. The highest BCUT2D eigenvalue weighted by Gasteiger charge is 2.23. The third-order valence-electron chi connectivity index (χ3n) is 3.00. The van der Waals surface area contributed by atoms with Crippen LogP contribution in [0.25, 0.3) is 11.1 Å². The predicted molar refractivity (Wildman–Crippen MR) is 77.3 cm³/mol. The summed E-state index contributed by atoms with van der Waals surface area (Å²) in [7, 11) is 0. The minimum Gasteiger partial charge on any atom is -0.462 e. The van der Waals surface area contributed by atoms with Gasteiger partial charge < -0.3 is 10.6 Å². The van der Waals surface area contributed by atoms with Crippen LogP contribution in [0.4, 0.5) is 5.69 Å². The average molecular weight is 300 g/mol. The number of aromatic nitrogens is 1. The Morgan fingerprint density at radius 3 is 2.59 bits per heavy atom. The van der Waals surface area contributed by atoms with Crippen LogP contribution in [0.15, 0.2) is 30.5 Å². The zero-order chi connectivity index (χ0) is 16.3. The highest BCUT2D eigenvalue weighted by Crippen LogP contribution is 2.30. The molecule has 1 aromatic heterocycles. The Morgan fingerprint density at radius 2 is 2.09 bits per heavy atom. The number of non-ortho nitro benzene ring substituents is 1. The van der Waals surface area contributed by atoms with E-state index in [1.54, 1.807) is 6.92 Å². The number of benzene rings is 1. The van der Waals surface area contributed by atoms with E-state index in [2.05, 4.69) is 0 Å². The molecule has 1 aromatic carbocycles. The van der Waals surface area contributed by atoms with E-state index < -0.39 is 10.9 Å². The summed E-state index contributed by atoms with van der Waals surface area (Å²) in [6.45, 7) is 1.84. The molecular weight excluding hydrogens is 288 g/mol. The van der Waals surface area contributed by atoms with Crippen LogP contribution in [-0.4, -0.2) is 22.2 Å². The lowest BCUT2D eigenvalue weighted by molar-refractivity contribution is -0.384. The fourth-order valence-electron chi connectivity index (χ4n) is 2.04. The van der Waals surface area contributed by atoms with Crippen LogP contribution < -0.4 is 5.84 Å². The van der Waals surface area contributed by atoms with Gasteiger partial charge in [-0.3, -0.25) is 14.8 Å². The molecule has 2 N–H and O–H groups in total. The fourth-order valence-corrected chi connectivity index (χ4v) is 2.04. The van der Waals surface area contributed by atoms with E-state index in [0.717, 1.165) is 4.68 Å². The molecule has 2 aromatic rings. The number of carbonyl (C=O) groups excluding carboxylic acids is 1. The number of hydrogen-bond donors (Lipinski definition) is 1. The van der Waals surface area contributed by atoms with Crippen molar-refractivity contribution in [2.75, 3.05) is 12.4 Å². The maximum absolute atomic E-state index is 12.0. The van der Waals surface area contributed by atoms with Crippen molar-refractivity contribution in [2.45, 2.75) is 6.92 Å².